The molecule has 0 aliphatic carbocycles. The van der Waals surface area contributed by atoms with Gasteiger partial charge >= 0.3 is 0 Å². The van der Waals surface area contributed by atoms with Crippen molar-refractivity contribution in [1.29, 1.82) is 0 Å². The topological polar surface area (TPSA) is 21.3 Å². The molecule has 0 amide bonds. The Hall–Kier alpha value is -1.28. The fourth-order valence-corrected chi connectivity index (χ4v) is 1.69. The molecule has 0 aliphatic rings. The van der Waals surface area contributed by atoms with Gasteiger partial charge in [-0.25, -0.2) is 0 Å². The van der Waals surface area contributed by atoms with Gasteiger partial charge in [-0.3, -0.25) is 0 Å². The van der Waals surface area contributed by atoms with Crippen LogP contribution in [0.3, 0.4) is 0 Å². The highest BCUT2D eigenvalue weighted by atomic mass is 16.5. The number of benzene rings is 1. The second kappa shape index (κ2) is 6.25. The number of para-hydroxylation sites is 1. The standard InChI is InChI=1S/C13H19NO/c1-4-5-9-12(14-2)11-8-6-7-10-13(11)15-3/h4,6-8,10,12,14H,1,5,9H2,2-3H3. The van der Waals surface area contributed by atoms with Crippen molar-refractivity contribution < 1.29 is 4.74 Å². The zero-order chi connectivity index (χ0) is 11.1. The molecule has 1 N–H and O–H groups in total. The van der Waals surface area contributed by atoms with Crippen LogP contribution in [0, 0.1) is 0 Å². The number of rotatable bonds is 6. The predicted molar refractivity (Wildman–Crippen MR) is 64.2 cm³/mol. The van der Waals surface area contributed by atoms with Crippen molar-refractivity contribution in [3.8, 4) is 5.75 Å². The number of allylic oxidation sites excluding steroid dienone is 1. The van der Waals surface area contributed by atoms with E-state index >= 15 is 0 Å². The number of methoxy groups -OCH3 is 1. The minimum Gasteiger partial charge on any atom is -0.496 e. The van der Waals surface area contributed by atoms with Crippen LogP contribution in [0.1, 0.15) is 24.4 Å². The molecule has 0 aromatic heterocycles. The minimum absolute atomic E-state index is 0.333. The van der Waals surface area contributed by atoms with Crippen molar-refractivity contribution in [2.24, 2.45) is 0 Å². The lowest BCUT2D eigenvalue weighted by Gasteiger charge is -2.18. The van der Waals surface area contributed by atoms with Crippen molar-refractivity contribution in [1.82, 2.24) is 5.32 Å². The Kier molecular flexibility index (Phi) is 4.91. The maximum absolute atomic E-state index is 5.34. The molecule has 0 saturated heterocycles. The van der Waals surface area contributed by atoms with Crippen molar-refractivity contribution in [3.05, 3.63) is 42.5 Å². The Morgan fingerprint density at radius 3 is 2.80 bits per heavy atom. The lowest BCUT2D eigenvalue weighted by atomic mass is 10.0. The highest BCUT2D eigenvalue weighted by Gasteiger charge is 2.12. The molecular formula is C13H19NO. The summed E-state index contributed by atoms with van der Waals surface area (Å²) in [7, 11) is 3.68. The normalized spacial score (nSPS) is 12.1. The van der Waals surface area contributed by atoms with Crippen molar-refractivity contribution >= 4 is 0 Å². The van der Waals surface area contributed by atoms with Gasteiger partial charge in [0.1, 0.15) is 5.75 Å². The molecule has 0 radical (unpaired) electrons. The van der Waals surface area contributed by atoms with Crippen molar-refractivity contribution in [2.75, 3.05) is 14.2 Å². The molecular weight excluding hydrogens is 186 g/mol. The summed E-state index contributed by atoms with van der Waals surface area (Å²) < 4.78 is 5.34. The molecule has 1 rings (SSSR count). The molecule has 0 fully saturated rings. The molecule has 2 heteroatoms. The Labute approximate surface area is 92.0 Å². The van der Waals surface area contributed by atoms with E-state index in [2.05, 4.69) is 18.0 Å². The molecule has 0 bridgehead atoms. The second-order valence-electron chi connectivity index (χ2n) is 3.45. The SMILES string of the molecule is C=CCCC(NC)c1ccccc1OC. The first-order valence-electron chi connectivity index (χ1n) is 5.24. The monoisotopic (exact) mass is 205 g/mol. The van der Waals surface area contributed by atoms with E-state index in [0.717, 1.165) is 18.6 Å². The van der Waals surface area contributed by atoms with Gasteiger partial charge in [0.2, 0.25) is 0 Å². The third kappa shape index (κ3) is 3.10. The number of nitrogens with one attached hydrogen (secondary N) is 1. The molecule has 1 aromatic rings. The lowest BCUT2D eigenvalue weighted by Crippen LogP contribution is -2.16. The second-order valence-corrected chi connectivity index (χ2v) is 3.45. The van der Waals surface area contributed by atoms with Crippen molar-refractivity contribution in [2.45, 2.75) is 18.9 Å². The van der Waals surface area contributed by atoms with Crippen LogP contribution in [0.25, 0.3) is 0 Å². The summed E-state index contributed by atoms with van der Waals surface area (Å²) in [6.45, 7) is 3.74. The highest BCUT2D eigenvalue weighted by Crippen LogP contribution is 2.27. The largest absolute Gasteiger partial charge is 0.496 e. The summed E-state index contributed by atoms with van der Waals surface area (Å²) in [5, 5.41) is 3.30. The van der Waals surface area contributed by atoms with Crippen molar-refractivity contribution in [3.63, 3.8) is 0 Å². The smallest absolute Gasteiger partial charge is 0.123 e. The average Bonchev–Trinajstić information content (AvgIpc) is 2.30. The minimum atomic E-state index is 0.333. The number of hydrogen-bond acceptors (Lipinski definition) is 2. The van der Waals surface area contributed by atoms with E-state index in [-0.39, 0.29) is 0 Å². The van der Waals surface area contributed by atoms with Crippen LogP contribution in [0.4, 0.5) is 0 Å². The summed E-state index contributed by atoms with van der Waals surface area (Å²) in [4.78, 5) is 0. The highest BCUT2D eigenvalue weighted by molar-refractivity contribution is 5.35. The van der Waals surface area contributed by atoms with E-state index in [9.17, 15) is 0 Å². The van der Waals surface area contributed by atoms with Crippen LogP contribution in [0.2, 0.25) is 0 Å². The zero-order valence-corrected chi connectivity index (χ0v) is 9.49. The van der Waals surface area contributed by atoms with E-state index in [1.165, 1.54) is 5.56 Å². The van der Waals surface area contributed by atoms with Gasteiger partial charge in [-0.2, -0.15) is 0 Å². The predicted octanol–water partition coefficient (Wildman–Crippen LogP) is 2.92. The molecule has 1 unspecified atom stereocenters. The third-order valence-electron chi connectivity index (χ3n) is 2.52. The summed E-state index contributed by atoms with van der Waals surface area (Å²) in [5.74, 6) is 0.945. The molecule has 0 saturated carbocycles. The Morgan fingerprint density at radius 1 is 1.47 bits per heavy atom. The lowest BCUT2D eigenvalue weighted by molar-refractivity contribution is 0.399. The summed E-state index contributed by atoms with van der Waals surface area (Å²) in [6.07, 6.45) is 3.99. The molecule has 1 atom stereocenters. The summed E-state index contributed by atoms with van der Waals surface area (Å²) >= 11 is 0. The average molecular weight is 205 g/mol. The molecule has 15 heavy (non-hydrogen) atoms. The molecule has 82 valence electrons. The number of hydrogen-bond donors (Lipinski definition) is 1. The van der Waals surface area contributed by atoms with E-state index < -0.39 is 0 Å². The van der Waals surface area contributed by atoms with Crippen LogP contribution in [0.5, 0.6) is 5.75 Å². The molecule has 2 nitrogen and oxygen atoms in total. The molecule has 0 aliphatic heterocycles. The van der Waals surface area contributed by atoms with Gasteiger partial charge in [-0.05, 0) is 26.0 Å². The first-order valence-corrected chi connectivity index (χ1v) is 5.24. The van der Waals surface area contributed by atoms with Gasteiger partial charge in [0.05, 0.1) is 7.11 Å². The Balaban J connectivity index is 2.84. The fraction of sp³-hybridized carbons (Fsp3) is 0.385. The Morgan fingerprint density at radius 2 is 2.20 bits per heavy atom. The third-order valence-corrected chi connectivity index (χ3v) is 2.52. The Bertz CT molecular complexity index is 309. The van der Waals surface area contributed by atoms with Crippen LogP contribution < -0.4 is 10.1 Å². The maximum atomic E-state index is 5.34. The van der Waals surface area contributed by atoms with E-state index in [1.54, 1.807) is 7.11 Å². The van der Waals surface area contributed by atoms with Crippen LogP contribution in [-0.4, -0.2) is 14.2 Å². The van der Waals surface area contributed by atoms with E-state index in [4.69, 9.17) is 4.74 Å². The van der Waals surface area contributed by atoms with Gasteiger partial charge in [-0.1, -0.05) is 24.3 Å². The van der Waals surface area contributed by atoms with Crippen LogP contribution >= 0.6 is 0 Å². The maximum Gasteiger partial charge on any atom is 0.123 e. The van der Waals surface area contributed by atoms with Gasteiger partial charge in [0.25, 0.3) is 0 Å². The zero-order valence-electron chi connectivity index (χ0n) is 9.49. The van der Waals surface area contributed by atoms with E-state index in [0.29, 0.717) is 6.04 Å². The van der Waals surface area contributed by atoms with E-state index in [1.807, 2.05) is 31.3 Å². The molecule has 0 spiro atoms. The summed E-state index contributed by atoms with van der Waals surface area (Å²) in [6, 6.07) is 8.45. The van der Waals surface area contributed by atoms with Gasteiger partial charge < -0.3 is 10.1 Å². The molecule has 1 aromatic carbocycles. The summed E-state index contributed by atoms with van der Waals surface area (Å²) in [5.41, 5.74) is 1.21. The fourth-order valence-electron chi connectivity index (χ4n) is 1.69. The molecule has 0 heterocycles. The van der Waals surface area contributed by atoms with Gasteiger partial charge in [0.15, 0.2) is 0 Å². The van der Waals surface area contributed by atoms with Gasteiger partial charge in [-0.15, -0.1) is 6.58 Å². The first kappa shape index (κ1) is 11.8. The first-order chi connectivity index (χ1) is 7.33. The number of ether oxygens (including phenoxy) is 1. The van der Waals surface area contributed by atoms with Crippen LogP contribution in [-0.2, 0) is 0 Å². The quantitative estimate of drug-likeness (QED) is 0.721. The van der Waals surface area contributed by atoms with Gasteiger partial charge in [0, 0.05) is 11.6 Å². The van der Waals surface area contributed by atoms with Crippen LogP contribution in [0.15, 0.2) is 36.9 Å².